The van der Waals surface area contributed by atoms with Crippen LogP contribution in [-0.2, 0) is 15.1 Å². The number of benzene rings is 2. The van der Waals surface area contributed by atoms with E-state index in [0.29, 0.717) is 12.1 Å². The molecule has 0 aliphatic carbocycles. The highest BCUT2D eigenvalue weighted by molar-refractivity contribution is 6.09. The molecule has 2 aliphatic rings. The molecule has 29 heavy (non-hydrogen) atoms. The summed E-state index contributed by atoms with van der Waals surface area (Å²) in [6.45, 7) is 1.84. The topological polar surface area (TPSA) is 69.7 Å². The van der Waals surface area contributed by atoms with E-state index < -0.39 is 23.3 Å². The lowest BCUT2D eigenvalue weighted by molar-refractivity contribution is -0.139. The first-order valence-electron chi connectivity index (χ1n) is 9.65. The molecule has 4 amide bonds. The normalized spacial score (nSPS) is 24.1. The van der Waals surface area contributed by atoms with E-state index in [0.717, 1.165) is 23.3 Å². The molecule has 2 aliphatic heterocycles. The van der Waals surface area contributed by atoms with Crippen LogP contribution in [-0.4, -0.2) is 40.7 Å². The Morgan fingerprint density at radius 3 is 2.52 bits per heavy atom. The predicted molar refractivity (Wildman–Crippen MR) is 104 cm³/mol. The van der Waals surface area contributed by atoms with E-state index in [1.165, 1.54) is 24.3 Å². The number of imide groups is 1. The molecule has 0 aromatic heterocycles. The average molecular weight is 395 g/mol. The SMILES string of the molecule is CC1(c2ccc(F)cc2)NC(=O)N(CC(=O)N2CCCC2c2ccccc2)C1=O. The maximum absolute atomic E-state index is 13.2. The molecule has 0 saturated carbocycles. The fourth-order valence-electron chi connectivity index (χ4n) is 4.13. The van der Waals surface area contributed by atoms with Gasteiger partial charge in [-0.05, 0) is 43.0 Å². The van der Waals surface area contributed by atoms with Crippen LogP contribution >= 0.6 is 0 Å². The molecule has 0 bridgehead atoms. The van der Waals surface area contributed by atoms with Crippen molar-refractivity contribution in [3.05, 3.63) is 71.5 Å². The van der Waals surface area contributed by atoms with Gasteiger partial charge in [0.2, 0.25) is 5.91 Å². The van der Waals surface area contributed by atoms with Crippen LogP contribution in [0.1, 0.15) is 36.9 Å². The third-order valence-electron chi connectivity index (χ3n) is 5.75. The Balaban J connectivity index is 1.52. The van der Waals surface area contributed by atoms with Crippen LogP contribution in [0.2, 0.25) is 0 Å². The Morgan fingerprint density at radius 1 is 1.14 bits per heavy atom. The van der Waals surface area contributed by atoms with E-state index in [4.69, 9.17) is 0 Å². The minimum atomic E-state index is -1.32. The summed E-state index contributed by atoms with van der Waals surface area (Å²) in [7, 11) is 0. The molecule has 1 N–H and O–H groups in total. The Kier molecular flexibility index (Phi) is 4.82. The smallest absolute Gasteiger partial charge is 0.325 e. The summed E-state index contributed by atoms with van der Waals surface area (Å²) in [5, 5.41) is 2.65. The van der Waals surface area contributed by atoms with Gasteiger partial charge in [-0.25, -0.2) is 9.18 Å². The van der Waals surface area contributed by atoms with Gasteiger partial charge in [0.1, 0.15) is 17.9 Å². The molecule has 4 rings (SSSR count). The van der Waals surface area contributed by atoms with Gasteiger partial charge in [0.25, 0.3) is 5.91 Å². The molecule has 0 spiro atoms. The lowest BCUT2D eigenvalue weighted by Crippen LogP contribution is -2.44. The Morgan fingerprint density at radius 2 is 1.83 bits per heavy atom. The van der Waals surface area contributed by atoms with Gasteiger partial charge in [-0.2, -0.15) is 0 Å². The standard InChI is InChI=1S/C22H22FN3O3/c1-22(16-9-11-17(23)12-10-16)20(28)26(21(29)24-22)14-19(27)25-13-5-8-18(25)15-6-3-2-4-7-15/h2-4,6-7,9-12,18H,5,8,13-14H2,1H3,(H,24,29). The van der Waals surface area contributed by atoms with E-state index in [1.54, 1.807) is 11.8 Å². The largest absolute Gasteiger partial charge is 0.334 e. The maximum atomic E-state index is 13.2. The fourth-order valence-corrected chi connectivity index (χ4v) is 4.13. The molecule has 2 atom stereocenters. The number of hydrogen-bond acceptors (Lipinski definition) is 3. The highest BCUT2D eigenvalue weighted by Crippen LogP contribution is 2.33. The van der Waals surface area contributed by atoms with Crippen molar-refractivity contribution in [1.82, 2.24) is 15.1 Å². The highest BCUT2D eigenvalue weighted by Gasteiger charge is 2.50. The zero-order valence-electron chi connectivity index (χ0n) is 16.1. The maximum Gasteiger partial charge on any atom is 0.325 e. The summed E-state index contributed by atoms with van der Waals surface area (Å²) in [4.78, 5) is 41.2. The van der Waals surface area contributed by atoms with Gasteiger partial charge in [-0.15, -0.1) is 0 Å². The van der Waals surface area contributed by atoms with E-state index in [-0.39, 0.29) is 18.5 Å². The number of nitrogens with zero attached hydrogens (tertiary/aromatic N) is 2. The molecule has 2 unspecified atom stereocenters. The predicted octanol–water partition coefficient (Wildman–Crippen LogP) is 2.96. The van der Waals surface area contributed by atoms with Crippen molar-refractivity contribution in [2.75, 3.05) is 13.1 Å². The summed E-state index contributed by atoms with van der Waals surface area (Å²) in [5.41, 5.74) is 0.191. The number of nitrogens with one attached hydrogen (secondary N) is 1. The molecule has 2 aromatic rings. The van der Waals surface area contributed by atoms with Crippen molar-refractivity contribution in [2.45, 2.75) is 31.3 Å². The number of carbonyl (C=O) groups excluding carboxylic acids is 3. The molecular formula is C22H22FN3O3. The van der Waals surface area contributed by atoms with E-state index in [9.17, 15) is 18.8 Å². The number of rotatable bonds is 4. The average Bonchev–Trinajstić information content (AvgIpc) is 3.29. The van der Waals surface area contributed by atoms with Crippen LogP contribution in [0.5, 0.6) is 0 Å². The molecule has 6 nitrogen and oxygen atoms in total. The fraction of sp³-hybridized carbons (Fsp3) is 0.318. The number of halogens is 1. The van der Waals surface area contributed by atoms with Gasteiger partial charge >= 0.3 is 6.03 Å². The van der Waals surface area contributed by atoms with Crippen molar-refractivity contribution >= 4 is 17.8 Å². The van der Waals surface area contributed by atoms with Crippen LogP contribution in [0.3, 0.4) is 0 Å². The van der Waals surface area contributed by atoms with Gasteiger partial charge in [-0.1, -0.05) is 42.5 Å². The van der Waals surface area contributed by atoms with Crippen LogP contribution in [0, 0.1) is 5.82 Å². The van der Waals surface area contributed by atoms with Crippen LogP contribution in [0.25, 0.3) is 0 Å². The van der Waals surface area contributed by atoms with Crippen molar-refractivity contribution in [3.63, 3.8) is 0 Å². The number of urea groups is 1. The van der Waals surface area contributed by atoms with E-state index >= 15 is 0 Å². The van der Waals surface area contributed by atoms with Crippen LogP contribution in [0.4, 0.5) is 9.18 Å². The number of carbonyl (C=O) groups is 3. The highest BCUT2D eigenvalue weighted by atomic mass is 19.1. The summed E-state index contributed by atoms with van der Waals surface area (Å²) in [6.07, 6.45) is 1.72. The number of hydrogen-bond donors (Lipinski definition) is 1. The van der Waals surface area contributed by atoms with Gasteiger partial charge in [0, 0.05) is 6.54 Å². The number of amides is 4. The first kappa shape index (κ1) is 19.1. The lowest BCUT2D eigenvalue weighted by Gasteiger charge is -2.27. The molecule has 2 saturated heterocycles. The molecule has 2 aromatic carbocycles. The van der Waals surface area contributed by atoms with E-state index in [2.05, 4.69) is 5.32 Å². The van der Waals surface area contributed by atoms with Crippen molar-refractivity contribution < 1.29 is 18.8 Å². The Bertz CT molecular complexity index is 948. The molecule has 7 heteroatoms. The second-order valence-corrected chi connectivity index (χ2v) is 7.61. The second kappa shape index (κ2) is 7.31. The third-order valence-corrected chi connectivity index (χ3v) is 5.75. The summed E-state index contributed by atoms with van der Waals surface area (Å²) >= 11 is 0. The Hall–Kier alpha value is -3.22. The molecule has 150 valence electrons. The summed E-state index contributed by atoms with van der Waals surface area (Å²) < 4.78 is 13.2. The lowest BCUT2D eigenvalue weighted by atomic mass is 9.92. The first-order chi connectivity index (χ1) is 13.9. The van der Waals surface area contributed by atoms with Crippen LogP contribution in [0.15, 0.2) is 54.6 Å². The first-order valence-corrected chi connectivity index (χ1v) is 9.65. The van der Waals surface area contributed by atoms with Gasteiger partial charge in [0.05, 0.1) is 6.04 Å². The summed E-state index contributed by atoms with van der Waals surface area (Å²) in [6, 6.07) is 14.5. The monoisotopic (exact) mass is 395 g/mol. The second-order valence-electron chi connectivity index (χ2n) is 7.61. The molecule has 0 radical (unpaired) electrons. The molecular weight excluding hydrogens is 373 g/mol. The molecule has 2 fully saturated rings. The van der Waals surface area contributed by atoms with Gasteiger partial charge in [0.15, 0.2) is 0 Å². The Labute approximate surface area is 168 Å². The van der Waals surface area contributed by atoms with Crippen molar-refractivity contribution in [2.24, 2.45) is 0 Å². The zero-order valence-corrected chi connectivity index (χ0v) is 16.1. The van der Waals surface area contributed by atoms with Gasteiger partial charge < -0.3 is 10.2 Å². The van der Waals surface area contributed by atoms with E-state index in [1.807, 2.05) is 30.3 Å². The molecule has 2 heterocycles. The summed E-state index contributed by atoms with van der Waals surface area (Å²) in [5.74, 6) is -1.21. The van der Waals surface area contributed by atoms with Crippen molar-refractivity contribution in [1.29, 1.82) is 0 Å². The van der Waals surface area contributed by atoms with Crippen molar-refractivity contribution in [3.8, 4) is 0 Å². The minimum absolute atomic E-state index is 0.0482. The quantitative estimate of drug-likeness (QED) is 0.810. The third kappa shape index (κ3) is 3.37. The van der Waals surface area contributed by atoms with Crippen LogP contribution < -0.4 is 5.32 Å². The number of likely N-dealkylation sites (tertiary alicyclic amines) is 1. The zero-order chi connectivity index (χ0) is 20.6. The minimum Gasteiger partial charge on any atom is -0.334 e. The van der Waals surface area contributed by atoms with Gasteiger partial charge in [-0.3, -0.25) is 14.5 Å².